The van der Waals surface area contributed by atoms with Gasteiger partial charge in [-0.05, 0) is 62.6 Å². The summed E-state index contributed by atoms with van der Waals surface area (Å²) in [6.45, 7) is 10.1. The van der Waals surface area contributed by atoms with Gasteiger partial charge < -0.3 is 15.3 Å². The van der Waals surface area contributed by atoms with Gasteiger partial charge in [-0.2, -0.15) is 0 Å². The van der Waals surface area contributed by atoms with E-state index < -0.39 is 6.23 Å². The fraction of sp³-hybridized carbons (Fsp3) is 0.667. The van der Waals surface area contributed by atoms with Gasteiger partial charge >= 0.3 is 0 Å². The summed E-state index contributed by atoms with van der Waals surface area (Å²) in [6.07, 6.45) is 7.96. The lowest BCUT2D eigenvalue weighted by Crippen LogP contribution is -2.39. The molecule has 3 atom stereocenters. The Bertz CT molecular complexity index is 633. The van der Waals surface area contributed by atoms with Crippen molar-refractivity contribution < 1.29 is 14.7 Å². The van der Waals surface area contributed by atoms with Crippen molar-refractivity contribution in [3.63, 3.8) is 0 Å². The highest BCUT2D eigenvalue weighted by molar-refractivity contribution is 5.92. The predicted octanol–water partition coefficient (Wildman–Crippen LogP) is 5.05. The molecule has 3 unspecified atom stereocenters. The van der Waals surface area contributed by atoms with E-state index >= 15 is 0 Å². The molecule has 0 aliphatic carbocycles. The van der Waals surface area contributed by atoms with E-state index in [9.17, 15) is 14.7 Å². The van der Waals surface area contributed by atoms with Crippen molar-refractivity contribution in [1.82, 2.24) is 5.32 Å². The molecule has 0 saturated carbocycles. The third kappa shape index (κ3) is 8.17. The number of nitrogens with zero attached hydrogens (tertiary/aromatic N) is 1. The van der Waals surface area contributed by atoms with E-state index in [0.717, 1.165) is 11.3 Å². The molecular weight excluding hydrogens is 364 g/mol. The summed E-state index contributed by atoms with van der Waals surface area (Å²) >= 11 is 0. The number of aryl methyl sites for hydroxylation is 1. The lowest BCUT2D eigenvalue weighted by atomic mass is 9.88. The lowest BCUT2D eigenvalue weighted by molar-refractivity contribution is -0.117. The first-order chi connectivity index (χ1) is 13.8. The number of carbonyl (C=O) groups excluding carboxylic acids is 2. The lowest BCUT2D eigenvalue weighted by Gasteiger charge is -2.31. The maximum absolute atomic E-state index is 12.4. The number of anilines is 1. The zero-order valence-electron chi connectivity index (χ0n) is 18.9. The van der Waals surface area contributed by atoms with Gasteiger partial charge in [0.2, 0.25) is 12.3 Å². The van der Waals surface area contributed by atoms with E-state index in [1.165, 1.54) is 44.1 Å². The number of nitrogens with one attached hydrogen (secondary N) is 1. The summed E-state index contributed by atoms with van der Waals surface area (Å²) in [5.74, 6) is 0.561. The Kier molecular flexibility index (Phi) is 11.6. The van der Waals surface area contributed by atoms with E-state index in [2.05, 4.69) is 44.3 Å². The minimum atomic E-state index is -0.884. The topological polar surface area (TPSA) is 69.6 Å². The van der Waals surface area contributed by atoms with Crippen LogP contribution in [-0.2, 0) is 9.59 Å². The zero-order chi connectivity index (χ0) is 21.8. The Morgan fingerprint density at radius 2 is 1.86 bits per heavy atom. The molecular formula is C24H40N2O3. The minimum absolute atomic E-state index is 0.0146. The molecule has 0 radical (unpaired) electrons. The third-order valence-corrected chi connectivity index (χ3v) is 5.64. The van der Waals surface area contributed by atoms with Gasteiger partial charge in [0, 0.05) is 18.7 Å². The smallest absolute Gasteiger partial charge is 0.224 e. The highest BCUT2D eigenvalue weighted by atomic mass is 16.3. The van der Waals surface area contributed by atoms with E-state index in [-0.39, 0.29) is 11.9 Å². The Morgan fingerprint density at radius 1 is 1.14 bits per heavy atom. The van der Waals surface area contributed by atoms with Crippen LogP contribution in [-0.4, -0.2) is 29.7 Å². The molecule has 0 aliphatic rings. The second-order valence-corrected chi connectivity index (χ2v) is 8.14. The molecule has 2 N–H and O–H groups in total. The number of hydrogen-bond acceptors (Lipinski definition) is 3. The van der Waals surface area contributed by atoms with E-state index in [4.69, 9.17) is 0 Å². The van der Waals surface area contributed by atoms with Crippen molar-refractivity contribution in [3.05, 3.63) is 29.3 Å². The van der Waals surface area contributed by atoms with Gasteiger partial charge in [0.15, 0.2) is 0 Å². The highest BCUT2D eigenvalue weighted by Gasteiger charge is 2.22. The highest BCUT2D eigenvalue weighted by Crippen LogP contribution is 2.32. The van der Waals surface area contributed by atoms with Crippen LogP contribution < -0.4 is 10.2 Å². The standard InChI is InChI=1S/C24H40N2O3/c1-6-8-9-11-21(10-7-2)22-13-14-23(18(3)16-22)26(20(5)28)19(4)12-15-24(29)25-17-27/h13-14,16-17,19,21,24,29H,6-12,15H2,1-5H3,(H,25,27). The van der Waals surface area contributed by atoms with Gasteiger partial charge in [-0.15, -0.1) is 0 Å². The third-order valence-electron chi connectivity index (χ3n) is 5.64. The van der Waals surface area contributed by atoms with Crippen LogP contribution in [0.3, 0.4) is 0 Å². The van der Waals surface area contributed by atoms with Crippen LogP contribution in [0.1, 0.15) is 96.1 Å². The quantitative estimate of drug-likeness (QED) is 0.259. The van der Waals surface area contributed by atoms with Gasteiger partial charge in [0.05, 0.1) is 0 Å². The van der Waals surface area contributed by atoms with Crippen molar-refractivity contribution >= 4 is 18.0 Å². The minimum Gasteiger partial charge on any atom is -0.374 e. The molecule has 0 aliphatic heterocycles. The first kappa shape index (κ1) is 25.2. The fourth-order valence-electron chi connectivity index (χ4n) is 4.08. The van der Waals surface area contributed by atoms with Gasteiger partial charge in [-0.3, -0.25) is 9.59 Å². The molecule has 164 valence electrons. The summed E-state index contributed by atoms with van der Waals surface area (Å²) in [7, 11) is 0. The Morgan fingerprint density at radius 3 is 2.41 bits per heavy atom. The number of rotatable bonds is 14. The molecule has 0 spiro atoms. The summed E-state index contributed by atoms with van der Waals surface area (Å²) < 4.78 is 0. The van der Waals surface area contributed by atoms with Crippen molar-refractivity contribution in [3.8, 4) is 0 Å². The van der Waals surface area contributed by atoms with Crippen LogP contribution in [0.5, 0.6) is 0 Å². The molecule has 5 heteroatoms. The van der Waals surface area contributed by atoms with Gasteiger partial charge in [0.1, 0.15) is 6.23 Å². The average molecular weight is 405 g/mol. The van der Waals surface area contributed by atoms with Crippen molar-refractivity contribution in [2.75, 3.05) is 4.90 Å². The van der Waals surface area contributed by atoms with Crippen molar-refractivity contribution in [2.24, 2.45) is 0 Å². The van der Waals surface area contributed by atoms with Gasteiger partial charge in [-0.1, -0.05) is 51.7 Å². The molecule has 1 aromatic carbocycles. The number of aliphatic hydroxyl groups is 1. The Balaban J connectivity index is 2.98. The maximum atomic E-state index is 12.4. The molecule has 2 amide bonds. The number of carbonyl (C=O) groups is 2. The number of hydrogen-bond donors (Lipinski definition) is 2. The molecule has 0 bridgehead atoms. The van der Waals surface area contributed by atoms with E-state index in [1.807, 2.05) is 6.92 Å². The molecule has 5 nitrogen and oxygen atoms in total. The Hall–Kier alpha value is -1.88. The monoisotopic (exact) mass is 404 g/mol. The maximum Gasteiger partial charge on any atom is 0.224 e. The second-order valence-electron chi connectivity index (χ2n) is 8.14. The second kappa shape index (κ2) is 13.4. The van der Waals surface area contributed by atoms with Gasteiger partial charge in [-0.25, -0.2) is 0 Å². The first-order valence-corrected chi connectivity index (χ1v) is 11.1. The predicted molar refractivity (Wildman–Crippen MR) is 120 cm³/mol. The summed E-state index contributed by atoms with van der Waals surface area (Å²) in [6, 6.07) is 6.43. The average Bonchev–Trinajstić information content (AvgIpc) is 2.67. The largest absolute Gasteiger partial charge is 0.374 e. The SMILES string of the molecule is CCCCCC(CCC)c1ccc(N(C(C)=O)C(C)CCC(O)NC=O)c(C)c1. The van der Waals surface area contributed by atoms with Crippen LogP contribution in [0.4, 0.5) is 5.69 Å². The first-order valence-electron chi connectivity index (χ1n) is 11.1. The summed E-state index contributed by atoms with van der Waals surface area (Å²) in [5.41, 5.74) is 3.40. The summed E-state index contributed by atoms with van der Waals surface area (Å²) in [4.78, 5) is 24.6. The van der Waals surface area contributed by atoms with E-state index in [1.54, 1.807) is 11.8 Å². The molecule has 1 rings (SSSR count). The zero-order valence-corrected chi connectivity index (χ0v) is 18.9. The van der Waals surface area contributed by atoms with Crippen LogP contribution in [0, 0.1) is 6.92 Å². The fourth-order valence-corrected chi connectivity index (χ4v) is 4.08. The Labute approximate surface area is 176 Å². The van der Waals surface area contributed by atoms with Crippen LogP contribution in [0.2, 0.25) is 0 Å². The van der Waals surface area contributed by atoms with Crippen molar-refractivity contribution in [1.29, 1.82) is 0 Å². The van der Waals surface area contributed by atoms with Crippen LogP contribution >= 0.6 is 0 Å². The van der Waals surface area contributed by atoms with E-state index in [0.29, 0.717) is 25.2 Å². The normalized spacial score (nSPS) is 14.1. The van der Waals surface area contributed by atoms with Crippen molar-refractivity contribution in [2.45, 2.75) is 104 Å². The van der Waals surface area contributed by atoms with Crippen LogP contribution in [0.25, 0.3) is 0 Å². The molecule has 1 aromatic rings. The molecule has 0 aromatic heterocycles. The number of unbranched alkanes of at least 4 members (excludes halogenated alkanes) is 2. The van der Waals surface area contributed by atoms with Crippen LogP contribution in [0.15, 0.2) is 18.2 Å². The number of amides is 2. The molecule has 0 heterocycles. The van der Waals surface area contributed by atoms with Gasteiger partial charge in [0.25, 0.3) is 0 Å². The molecule has 0 fully saturated rings. The molecule has 29 heavy (non-hydrogen) atoms. The summed E-state index contributed by atoms with van der Waals surface area (Å²) in [5, 5.41) is 12.1. The number of benzene rings is 1. The number of aliphatic hydroxyl groups excluding tert-OH is 1. The molecule has 0 saturated heterocycles.